The summed E-state index contributed by atoms with van der Waals surface area (Å²) in [6.45, 7) is 5.31. The van der Waals surface area contributed by atoms with E-state index in [0.717, 1.165) is 17.0 Å². The molecular formula is C12H15NO. The molecule has 1 aromatic rings. The van der Waals surface area contributed by atoms with Crippen LogP contribution < -0.4 is 5.32 Å². The number of benzene rings is 1. The fourth-order valence-corrected chi connectivity index (χ4v) is 1.10. The molecule has 1 aromatic carbocycles. The summed E-state index contributed by atoms with van der Waals surface area (Å²) >= 11 is 0. The maximum absolute atomic E-state index is 11.1. The fourth-order valence-electron chi connectivity index (χ4n) is 1.10. The Labute approximate surface area is 84.6 Å². The van der Waals surface area contributed by atoms with Gasteiger partial charge in [-0.1, -0.05) is 18.2 Å². The Morgan fingerprint density at radius 3 is 2.14 bits per heavy atom. The molecule has 0 radical (unpaired) electrons. The molecule has 0 amide bonds. The maximum atomic E-state index is 11.1. The third-order valence-corrected chi connectivity index (χ3v) is 2.20. The maximum Gasteiger partial charge on any atom is 0.157 e. The van der Waals surface area contributed by atoms with E-state index in [1.165, 1.54) is 0 Å². The molecule has 74 valence electrons. The molecule has 0 unspecified atom stereocenters. The van der Waals surface area contributed by atoms with Crippen molar-refractivity contribution < 1.29 is 4.79 Å². The standard InChI is InChI=1S/C12H15NO/c1-9(11(3)14)10(2)13-12-7-5-4-6-8-12/h4-8,13H,1-3H3. The number of carbonyl (C=O) groups excluding carboxylic acids is 1. The summed E-state index contributed by atoms with van der Waals surface area (Å²) in [5.74, 6) is 0.103. The minimum atomic E-state index is 0.103. The zero-order chi connectivity index (χ0) is 10.6. The average Bonchev–Trinajstić information content (AvgIpc) is 2.18. The van der Waals surface area contributed by atoms with E-state index in [9.17, 15) is 4.79 Å². The van der Waals surface area contributed by atoms with Gasteiger partial charge < -0.3 is 5.32 Å². The summed E-state index contributed by atoms with van der Waals surface area (Å²) in [5, 5.41) is 3.18. The SMILES string of the molecule is CC(=O)C(C)=C(C)Nc1ccccc1. The molecule has 1 rings (SSSR count). The zero-order valence-electron chi connectivity index (χ0n) is 8.79. The zero-order valence-corrected chi connectivity index (χ0v) is 8.79. The molecule has 2 nitrogen and oxygen atoms in total. The van der Waals surface area contributed by atoms with Crippen LogP contribution >= 0.6 is 0 Å². The number of hydrogen-bond acceptors (Lipinski definition) is 2. The van der Waals surface area contributed by atoms with Gasteiger partial charge in [0.25, 0.3) is 0 Å². The van der Waals surface area contributed by atoms with E-state index >= 15 is 0 Å². The summed E-state index contributed by atoms with van der Waals surface area (Å²) in [4.78, 5) is 11.1. The lowest BCUT2D eigenvalue weighted by molar-refractivity contribution is -0.113. The van der Waals surface area contributed by atoms with E-state index in [1.54, 1.807) is 6.92 Å². The largest absolute Gasteiger partial charge is 0.359 e. The van der Waals surface area contributed by atoms with Crippen LogP contribution in [0, 0.1) is 0 Å². The number of allylic oxidation sites excluding steroid dienone is 2. The van der Waals surface area contributed by atoms with Crippen LogP contribution in [0.1, 0.15) is 20.8 Å². The van der Waals surface area contributed by atoms with Crippen molar-refractivity contribution in [2.24, 2.45) is 0 Å². The van der Waals surface area contributed by atoms with Crippen molar-refractivity contribution in [3.8, 4) is 0 Å². The molecule has 0 spiro atoms. The molecular weight excluding hydrogens is 174 g/mol. The van der Waals surface area contributed by atoms with Gasteiger partial charge in [0, 0.05) is 17.0 Å². The minimum Gasteiger partial charge on any atom is -0.359 e. The molecule has 0 aromatic heterocycles. The lowest BCUT2D eigenvalue weighted by Gasteiger charge is -2.08. The molecule has 0 bridgehead atoms. The molecule has 0 atom stereocenters. The van der Waals surface area contributed by atoms with Crippen LogP contribution in [-0.4, -0.2) is 5.78 Å². The van der Waals surface area contributed by atoms with Crippen molar-refractivity contribution in [2.75, 3.05) is 5.32 Å². The van der Waals surface area contributed by atoms with E-state index in [1.807, 2.05) is 44.2 Å². The summed E-state index contributed by atoms with van der Waals surface area (Å²) < 4.78 is 0. The van der Waals surface area contributed by atoms with Gasteiger partial charge in [0.05, 0.1) is 0 Å². The fraction of sp³-hybridized carbons (Fsp3) is 0.250. The van der Waals surface area contributed by atoms with Crippen LogP contribution in [-0.2, 0) is 4.79 Å². The van der Waals surface area contributed by atoms with Crippen LogP contribution in [0.2, 0.25) is 0 Å². The van der Waals surface area contributed by atoms with Crippen LogP contribution in [0.4, 0.5) is 5.69 Å². The first kappa shape index (κ1) is 10.5. The van der Waals surface area contributed by atoms with Crippen molar-refractivity contribution >= 4 is 11.5 Å². The molecule has 14 heavy (non-hydrogen) atoms. The van der Waals surface area contributed by atoms with Gasteiger partial charge in [0.2, 0.25) is 0 Å². The number of para-hydroxylation sites is 1. The molecule has 0 saturated heterocycles. The van der Waals surface area contributed by atoms with E-state index < -0.39 is 0 Å². The normalized spacial score (nSPS) is 11.9. The number of rotatable bonds is 3. The van der Waals surface area contributed by atoms with Crippen LogP contribution in [0.25, 0.3) is 0 Å². The Balaban J connectivity index is 2.80. The first-order chi connectivity index (χ1) is 6.61. The highest BCUT2D eigenvalue weighted by Crippen LogP contribution is 2.11. The second-order valence-corrected chi connectivity index (χ2v) is 3.30. The summed E-state index contributed by atoms with van der Waals surface area (Å²) in [6, 6.07) is 9.81. The van der Waals surface area contributed by atoms with Gasteiger partial charge in [-0.15, -0.1) is 0 Å². The number of nitrogens with one attached hydrogen (secondary N) is 1. The van der Waals surface area contributed by atoms with Gasteiger partial charge in [0.15, 0.2) is 5.78 Å². The minimum absolute atomic E-state index is 0.103. The highest BCUT2D eigenvalue weighted by Gasteiger charge is 2.01. The first-order valence-corrected chi connectivity index (χ1v) is 4.61. The van der Waals surface area contributed by atoms with Gasteiger partial charge >= 0.3 is 0 Å². The molecule has 0 aliphatic rings. The summed E-state index contributed by atoms with van der Waals surface area (Å²) in [5.41, 5.74) is 2.68. The van der Waals surface area contributed by atoms with Crippen molar-refractivity contribution in [1.29, 1.82) is 0 Å². The summed E-state index contributed by atoms with van der Waals surface area (Å²) in [6.07, 6.45) is 0. The Morgan fingerprint density at radius 2 is 1.64 bits per heavy atom. The number of Topliss-reactive ketones (excluding diaryl/α,β-unsaturated/α-hetero) is 1. The second kappa shape index (κ2) is 4.61. The Morgan fingerprint density at radius 1 is 1.07 bits per heavy atom. The van der Waals surface area contributed by atoms with E-state index in [4.69, 9.17) is 0 Å². The molecule has 1 N–H and O–H groups in total. The second-order valence-electron chi connectivity index (χ2n) is 3.30. The number of ketones is 1. The Hall–Kier alpha value is -1.57. The van der Waals surface area contributed by atoms with Crippen molar-refractivity contribution in [3.63, 3.8) is 0 Å². The quantitative estimate of drug-likeness (QED) is 0.740. The van der Waals surface area contributed by atoms with Crippen LogP contribution in [0.5, 0.6) is 0 Å². The topological polar surface area (TPSA) is 29.1 Å². The highest BCUT2D eigenvalue weighted by atomic mass is 16.1. The molecule has 0 aliphatic carbocycles. The third-order valence-electron chi connectivity index (χ3n) is 2.20. The Bertz CT molecular complexity index is 352. The predicted molar refractivity (Wildman–Crippen MR) is 59.1 cm³/mol. The van der Waals surface area contributed by atoms with Crippen molar-refractivity contribution in [1.82, 2.24) is 0 Å². The van der Waals surface area contributed by atoms with E-state index in [2.05, 4.69) is 5.32 Å². The Kier molecular flexibility index (Phi) is 3.46. The third kappa shape index (κ3) is 2.73. The van der Waals surface area contributed by atoms with Gasteiger partial charge in [-0.2, -0.15) is 0 Å². The number of carbonyl (C=O) groups is 1. The smallest absolute Gasteiger partial charge is 0.157 e. The summed E-state index contributed by atoms with van der Waals surface area (Å²) in [7, 11) is 0. The lowest BCUT2D eigenvalue weighted by Crippen LogP contribution is -2.03. The van der Waals surface area contributed by atoms with Crippen LogP contribution in [0.3, 0.4) is 0 Å². The first-order valence-electron chi connectivity index (χ1n) is 4.61. The number of hydrogen-bond donors (Lipinski definition) is 1. The van der Waals surface area contributed by atoms with Gasteiger partial charge in [-0.3, -0.25) is 4.79 Å². The average molecular weight is 189 g/mol. The molecule has 2 heteroatoms. The van der Waals surface area contributed by atoms with E-state index in [0.29, 0.717) is 0 Å². The predicted octanol–water partition coefficient (Wildman–Crippen LogP) is 2.98. The van der Waals surface area contributed by atoms with Gasteiger partial charge in [-0.05, 0) is 32.9 Å². The van der Waals surface area contributed by atoms with Gasteiger partial charge in [0.1, 0.15) is 0 Å². The monoisotopic (exact) mass is 189 g/mol. The van der Waals surface area contributed by atoms with E-state index in [-0.39, 0.29) is 5.78 Å². The molecule has 0 saturated carbocycles. The van der Waals surface area contributed by atoms with Crippen molar-refractivity contribution in [2.45, 2.75) is 20.8 Å². The lowest BCUT2D eigenvalue weighted by atomic mass is 10.1. The highest BCUT2D eigenvalue weighted by molar-refractivity contribution is 5.93. The van der Waals surface area contributed by atoms with Crippen LogP contribution in [0.15, 0.2) is 41.6 Å². The van der Waals surface area contributed by atoms with Crippen molar-refractivity contribution in [3.05, 3.63) is 41.6 Å². The molecule has 0 fully saturated rings. The van der Waals surface area contributed by atoms with Gasteiger partial charge in [-0.25, -0.2) is 0 Å². The molecule has 0 aliphatic heterocycles. The number of anilines is 1. The molecule has 0 heterocycles.